The predicted octanol–water partition coefficient (Wildman–Crippen LogP) is 1.96. The van der Waals surface area contributed by atoms with E-state index < -0.39 is 8.03 Å². The molecule has 0 fully saturated rings. The van der Waals surface area contributed by atoms with Crippen molar-refractivity contribution in [3.63, 3.8) is 0 Å². The lowest BCUT2D eigenvalue weighted by Crippen LogP contribution is -1.97. The molecule has 0 aromatic heterocycles. The Kier molecular flexibility index (Phi) is 3.45. The zero-order chi connectivity index (χ0) is 8.97. The molecular formula is C8H10FO2P. The molecule has 1 atom stereocenters. The van der Waals surface area contributed by atoms with Crippen LogP contribution < -0.4 is 5.30 Å². The van der Waals surface area contributed by atoms with E-state index in [1.807, 2.05) is 0 Å². The van der Waals surface area contributed by atoms with Crippen molar-refractivity contribution in [3.05, 3.63) is 30.1 Å². The highest BCUT2D eigenvalue weighted by Crippen LogP contribution is 2.20. The van der Waals surface area contributed by atoms with Crippen LogP contribution >= 0.6 is 8.03 Å². The molecule has 0 heterocycles. The Hall–Kier alpha value is -0.660. The Labute approximate surface area is 71.2 Å². The van der Waals surface area contributed by atoms with E-state index in [4.69, 9.17) is 4.52 Å². The van der Waals surface area contributed by atoms with E-state index in [1.54, 1.807) is 6.92 Å². The highest BCUT2D eigenvalue weighted by Gasteiger charge is 2.01. The van der Waals surface area contributed by atoms with Crippen molar-refractivity contribution in [1.29, 1.82) is 0 Å². The highest BCUT2D eigenvalue weighted by atomic mass is 31.1. The summed E-state index contributed by atoms with van der Waals surface area (Å²) in [7, 11) is -2.15. The molecule has 0 N–H and O–H groups in total. The molecule has 1 aromatic carbocycles. The van der Waals surface area contributed by atoms with Crippen LogP contribution in [0.3, 0.4) is 0 Å². The SMILES string of the molecule is CCO[PH](=O)c1ccc(F)cc1. The molecular weight excluding hydrogens is 178 g/mol. The quantitative estimate of drug-likeness (QED) is 0.678. The zero-order valence-electron chi connectivity index (χ0n) is 6.71. The molecule has 66 valence electrons. The van der Waals surface area contributed by atoms with E-state index in [1.165, 1.54) is 24.3 Å². The average Bonchev–Trinajstić information content (AvgIpc) is 2.06. The van der Waals surface area contributed by atoms with Crippen LogP contribution in [0.1, 0.15) is 6.92 Å². The third-order valence-electron chi connectivity index (χ3n) is 1.36. The van der Waals surface area contributed by atoms with Crippen molar-refractivity contribution in [2.75, 3.05) is 6.61 Å². The second-order valence-corrected chi connectivity index (χ2v) is 3.67. The van der Waals surface area contributed by atoms with Gasteiger partial charge < -0.3 is 4.52 Å². The summed E-state index contributed by atoms with van der Waals surface area (Å²) in [5.41, 5.74) is 0. The van der Waals surface area contributed by atoms with Crippen LogP contribution in [0.5, 0.6) is 0 Å². The summed E-state index contributed by atoms with van der Waals surface area (Å²) < 4.78 is 28.5. The smallest absolute Gasteiger partial charge is 0.220 e. The van der Waals surface area contributed by atoms with Crippen molar-refractivity contribution in [3.8, 4) is 0 Å². The van der Waals surface area contributed by atoms with E-state index in [-0.39, 0.29) is 5.82 Å². The molecule has 4 heteroatoms. The van der Waals surface area contributed by atoms with Crippen molar-refractivity contribution in [2.24, 2.45) is 0 Å². The van der Waals surface area contributed by atoms with Crippen molar-refractivity contribution < 1.29 is 13.5 Å². The van der Waals surface area contributed by atoms with Crippen LogP contribution in [0, 0.1) is 5.82 Å². The Morgan fingerprint density at radius 2 is 2.00 bits per heavy atom. The number of hydrogen-bond donors (Lipinski definition) is 0. The first-order valence-electron chi connectivity index (χ1n) is 3.66. The monoisotopic (exact) mass is 188 g/mol. The van der Waals surface area contributed by atoms with Gasteiger partial charge in [-0.15, -0.1) is 0 Å². The summed E-state index contributed by atoms with van der Waals surface area (Å²) in [6.45, 7) is 2.18. The van der Waals surface area contributed by atoms with Gasteiger partial charge in [-0.25, -0.2) is 4.39 Å². The number of hydrogen-bond acceptors (Lipinski definition) is 2. The van der Waals surface area contributed by atoms with Gasteiger partial charge in [0.1, 0.15) is 5.82 Å². The van der Waals surface area contributed by atoms with Gasteiger partial charge in [-0.2, -0.15) is 0 Å². The molecule has 0 aliphatic rings. The normalized spacial score (nSPS) is 12.8. The molecule has 0 bridgehead atoms. The number of benzene rings is 1. The van der Waals surface area contributed by atoms with Crippen LogP contribution in [-0.4, -0.2) is 6.61 Å². The molecule has 0 radical (unpaired) electrons. The van der Waals surface area contributed by atoms with Crippen molar-refractivity contribution >= 4 is 13.3 Å². The maximum atomic E-state index is 12.4. The summed E-state index contributed by atoms with van der Waals surface area (Å²) in [5.74, 6) is -0.329. The molecule has 1 aromatic rings. The van der Waals surface area contributed by atoms with Gasteiger partial charge in [-0.05, 0) is 31.2 Å². The molecule has 12 heavy (non-hydrogen) atoms. The van der Waals surface area contributed by atoms with Crippen molar-refractivity contribution in [1.82, 2.24) is 0 Å². The summed E-state index contributed by atoms with van der Waals surface area (Å²) >= 11 is 0. The lowest BCUT2D eigenvalue weighted by molar-refractivity contribution is 0.357. The third-order valence-corrected chi connectivity index (χ3v) is 2.71. The van der Waals surface area contributed by atoms with Gasteiger partial charge >= 0.3 is 0 Å². The second kappa shape index (κ2) is 4.39. The Morgan fingerprint density at radius 1 is 1.42 bits per heavy atom. The Balaban J connectivity index is 2.75. The molecule has 0 saturated carbocycles. The number of halogens is 1. The fourth-order valence-corrected chi connectivity index (χ4v) is 1.67. The van der Waals surface area contributed by atoms with Crippen LogP contribution in [0.15, 0.2) is 24.3 Å². The molecule has 1 rings (SSSR count). The molecule has 0 spiro atoms. The van der Waals surface area contributed by atoms with Crippen molar-refractivity contribution in [2.45, 2.75) is 6.92 Å². The molecule has 1 unspecified atom stereocenters. The maximum Gasteiger partial charge on any atom is 0.220 e. The van der Waals surface area contributed by atoms with E-state index in [0.717, 1.165) is 0 Å². The lowest BCUT2D eigenvalue weighted by atomic mass is 10.4. The van der Waals surface area contributed by atoms with Gasteiger partial charge in [0.05, 0.1) is 6.61 Å². The fraction of sp³-hybridized carbons (Fsp3) is 0.250. The van der Waals surface area contributed by atoms with Crippen LogP contribution in [0.2, 0.25) is 0 Å². The molecule has 0 saturated heterocycles. The first-order chi connectivity index (χ1) is 5.74. The zero-order valence-corrected chi connectivity index (χ0v) is 7.71. The largest absolute Gasteiger partial charge is 0.328 e. The predicted molar refractivity (Wildman–Crippen MR) is 46.7 cm³/mol. The van der Waals surface area contributed by atoms with Gasteiger partial charge in [0.25, 0.3) is 0 Å². The summed E-state index contributed by atoms with van der Waals surface area (Å²) in [6.07, 6.45) is 0. The third kappa shape index (κ3) is 2.43. The minimum absolute atomic E-state index is 0.329. The first-order valence-corrected chi connectivity index (χ1v) is 4.98. The second-order valence-electron chi connectivity index (χ2n) is 2.23. The Morgan fingerprint density at radius 3 is 2.50 bits per heavy atom. The van der Waals surface area contributed by atoms with Gasteiger partial charge in [0.15, 0.2) is 0 Å². The fourth-order valence-electron chi connectivity index (χ4n) is 0.800. The van der Waals surface area contributed by atoms with Gasteiger partial charge in [-0.1, -0.05) is 0 Å². The minimum Gasteiger partial charge on any atom is -0.328 e. The molecule has 2 nitrogen and oxygen atoms in total. The summed E-state index contributed by atoms with van der Waals surface area (Å²) in [6, 6.07) is 5.51. The molecule has 0 aliphatic carbocycles. The number of rotatable bonds is 3. The molecule has 0 amide bonds. The highest BCUT2D eigenvalue weighted by molar-refractivity contribution is 7.48. The Bertz CT molecular complexity index is 271. The van der Waals surface area contributed by atoms with Gasteiger partial charge in [0.2, 0.25) is 8.03 Å². The van der Waals surface area contributed by atoms with Crippen LogP contribution in [0.25, 0.3) is 0 Å². The van der Waals surface area contributed by atoms with Crippen LogP contribution in [-0.2, 0) is 9.09 Å². The van der Waals surface area contributed by atoms with E-state index in [9.17, 15) is 8.96 Å². The summed E-state index contributed by atoms with van der Waals surface area (Å²) in [4.78, 5) is 0. The maximum absolute atomic E-state index is 12.4. The topological polar surface area (TPSA) is 26.3 Å². The van der Waals surface area contributed by atoms with E-state index in [2.05, 4.69) is 0 Å². The first kappa shape index (κ1) is 9.43. The standard InChI is InChI=1S/C8H10FO2P/c1-2-11-12(10)8-5-3-7(9)4-6-8/h3-6,12H,2H2,1H3. The van der Waals surface area contributed by atoms with Gasteiger partial charge in [0, 0.05) is 5.30 Å². The van der Waals surface area contributed by atoms with E-state index >= 15 is 0 Å². The lowest BCUT2D eigenvalue weighted by Gasteiger charge is -2.00. The van der Waals surface area contributed by atoms with Gasteiger partial charge in [-0.3, -0.25) is 4.57 Å². The average molecular weight is 188 g/mol. The van der Waals surface area contributed by atoms with Crippen LogP contribution in [0.4, 0.5) is 4.39 Å². The van der Waals surface area contributed by atoms with E-state index in [0.29, 0.717) is 11.9 Å². The molecule has 0 aliphatic heterocycles. The minimum atomic E-state index is -2.15. The summed E-state index contributed by atoms with van der Waals surface area (Å²) in [5, 5.41) is 0.559.